The standard InChI is InChI=1S/C23H24FNO7S/c1-12-7-17(24)5-6-19(12)16-8-18(10-25-9-16)32-23-22(31-15(4)28)21(30-14(3)27)20(11-33-23)29-13(2)26/h5-10,20-23H,11H2,1-4H3/t20-,21+,22-,23?/m1/s1. The number of carbonyl (C=O) groups is 3. The zero-order valence-corrected chi connectivity index (χ0v) is 19.4. The van der Waals surface area contributed by atoms with E-state index in [0.717, 1.165) is 11.1 Å². The Hall–Kier alpha value is -3.14. The van der Waals surface area contributed by atoms with Gasteiger partial charge in [-0.25, -0.2) is 4.39 Å². The Kier molecular flexibility index (Phi) is 7.91. The maximum absolute atomic E-state index is 13.5. The average Bonchev–Trinajstić information content (AvgIpc) is 2.71. The van der Waals surface area contributed by atoms with E-state index in [1.165, 1.54) is 50.9 Å². The zero-order chi connectivity index (χ0) is 24.1. The van der Waals surface area contributed by atoms with E-state index >= 15 is 0 Å². The molecule has 0 N–H and O–H groups in total. The van der Waals surface area contributed by atoms with Gasteiger partial charge in [-0.05, 0) is 36.2 Å². The number of aryl methyl sites for hydroxylation is 1. The number of halogens is 1. The highest BCUT2D eigenvalue weighted by molar-refractivity contribution is 7.99. The predicted octanol–water partition coefficient (Wildman–Crippen LogP) is 3.44. The molecule has 0 radical (unpaired) electrons. The third-order valence-electron chi connectivity index (χ3n) is 4.77. The van der Waals surface area contributed by atoms with Gasteiger partial charge in [-0.2, -0.15) is 0 Å². The molecule has 2 heterocycles. The van der Waals surface area contributed by atoms with Crippen molar-refractivity contribution in [1.29, 1.82) is 0 Å². The Morgan fingerprint density at radius 3 is 2.27 bits per heavy atom. The van der Waals surface area contributed by atoms with Crippen LogP contribution >= 0.6 is 11.8 Å². The summed E-state index contributed by atoms with van der Waals surface area (Å²) in [6, 6.07) is 6.18. The second kappa shape index (κ2) is 10.7. The van der Waals surface area contributed by atoms with Crippen LogP contribution in [0.5, 0.6) is 5.75 Å². The molecule has 1 aliphatic heterocycles. The van der Waals surface area contributed by atoms with E-state index in [2.05, 4.69) is 4.98 Å². The van der Waals surface area contributed by atoms with E-state index in [0.29, 0.717) is 11.3 Å². The molecule has 8 nitrogen and oxygen atoms in total. The Morgan fingerprint density at radius 2 is 1.64 bits per heavy atom. The lowest BCUT2D eigenvalue weighted by Gasteiger charge is -2.39. The minimum absolute atomic E-state index is 0.254. The van der Waals surface area contributed by atoms with Gasteiger partial charge >= 0.3 is 17.9 Å². The van der Waals surface area contributed by atoms with E-state index in [-0.39, 0.29) is 11.6 Å². The molecule has 1 aromatic heterocycles. The van der Waals surface area contributed by atoms with Gasteiger partial charge in [-0.1, -0.05) is 6.07 Å². The molecule has 0 aliphatic carbocycles. The van der Waals surface area contributed by atoms with E-state index in [4.69, 9.17) is 18.9 Å². The van der Waals surface area contributed by atoms with E-state index in [1.807, 2.05) is 0 Å². The topological polar surface area (TPSA) is 101 Å². The summed E-state index contributed by atoms with van der Waals surface area (Å²) in [5.41, 5.74) is 1.47. The number of esters is 3. The first kappa shape index (κ1) is 24.5. The molecule has 0 amide bonds. The summed E-state index contributed by atoms with van der Waals surface area (Å²) in [6.45, 7) is 5.47. The fraction of sp³-hybridized carbons (Fsp3) is 0.391. The highest BCUT2D eigenvalue weighted by Gasteiger charge is 2.47. The molecule has 1 unspecified atom stereocenters. The summed E-state index contributed by atoms with van der Waals surface area (Å²) in [5.74, 6) is -1.48. The molecule has 1 fully saturated rings. The predicted molar refractivity (Wildman–Crippen MR) is 118 cm³/mol. The molecule has 2 aromatic rings. The highest BCUT2D eigenvalue weighted by Crippen LogP contribution is 2.35. The van der Waals surface area contributed by atoms with Crippen LogP contribution < -0.4 is 4.74 Å². The summed E-state index contributed by atoms with van der Waals surface area (Å²) in [5, 5.41) is 0. The summed E-state index contributed by atoms with van der Waals surface area (Å²) < 4.78 is 35.7. The van der Waals surface area contributed by atoms with Crippen LogP contribution in [0.2, 0.25) is 0 Å². The lowest BCUT2D eigenvalue weighted by Crippen LogP contribution is -2.55. The fourth-order valence-electron chi connectivity index (χ4n) is 3.53. The van der Waals surface area contributed by atoms with Crippen molar-refractivity contribution in [2.75, 3.05) is 5.75 Å². The number of thioether (sulfide) groups is 1. The molecule has 1 aliphatic rings. The molecule has 1 saturated heterocycles. The van der Waals surface area contributed by atoms with Crippen LogP contribution in [0.1, 0.15) is 26.3 Å². The fourth-order valence-corrected chi connectivity index (χ4v) is 4.74. The van der Waals surface area contributed by atoms with Crippen LogP contribution in [0.3, 0.4) is 0 Å². The molecule has 33 heavy (non-hydrogen) atoms. The van der Waals surface area contributed by atoms with Crippen LogP contribution in [0, 0.1) is 12.7 Å². The minimum Gasteiger partial charge on any atom is -0.474 e. The lowest BCUT2D eigenvalue weighted by atomic mass is 10.0. The maximum Gasteiger partial charge on any atom is 0.303 e. The normalized spacial score (nSPS) is 22.2. The van der Waals surface area contributed by atoms with Gasteiger partial charge in [0, 0.05) is 38.3 Å². The van der Waals surface area contributed by atoms with Crippen molar-refractivity contribution >= 4 is 29.7 Å². The van der Waals surface area contributed by atoms with Gasteiger partial charge in [0.15, 0.2) is 23.7 Å². The molecular formula is C23H24FNO7S. The van der Waals surface area contributed by atoms with E-state index in [1.54, 1.807) is 25.3 Å². The zero-order valence-electron chi connectivity index (χ0n) is 18.6. The molecule has 10 heteroatoms. The Bertz CT molecular complexity index is 1050. The number of rotatable bonds is 6. The minimum atomic E-state index is -1.04. The first-order chi connectivity index (χ1) is 15.6. The molecule has 0 bridgehead atoms. The molecule has 176 valence electrons. The van der Waals surface area contributed by atoms with Crippen molar-refractivity contribution in [3.05, 3.63) is 48.0 Å². The van der Waals surface area contributed by atoms with Crippen molar-refractivity contribution in [2.24, 2.45) is 0 Å². The van der Waals surface area contributed by atoms with Crippen LogP contribution in [0.25, 0.3) is 11.1 Å². The van der Waals surface area contributed by atoms with Crippen LogP contribution in [0.4, 0.5) is 4.39 Å². The van der Waals surface area contributed by atoms with Gasteiger partial charge in [0.05, 0.1) is 6.20 Å². The second-order valence-electron chi connectivity index (χ2n) is 7.48. The van der Waals surface area contributed by atoms with Crippen LogP contribution in [-0.4, -0.2) is 52.4 Å². The Labute approximate surface area is 194 Å². The second-order valence-corrected chi connectivity index (χ2v) is 8.62. The SMILES string of the molecule is CC(=O)O[C@H]1[C@H](OC(C)=O)CSC(Oc2cncc(-c3ccc(F)cc3C)c2)[C@@H]1OC(C)=O. The first-order valence-corrected chi connectivity index (χ1v) is 11.2. The highest BCUT2D eigenvalue weighted by atomic mass is 32.2. The largest absolute Gasteiger partial charge is 0.474 e. The summed E-state index contributed by atoms with van der Waals surface area (Å²) in [6.07, 6.45) is 0.227. The quantitative estimate of drug-likeness (QED) is 0.457. The lowest BCUT2D eigenvalue weighted by molar-refractivity contribution is -0.186. The van der Waals surface area contributed by atoms with Gasteiger partial charge in [-0.3, -0.25) is 19.4 Å². The van der Waals surface area contributed by atoms with Crippen LogP contribution in [0.15, 0.2) is 36.7 Å². The van der Waals surface area contributed by atoms with Gasteiger partial charge < -0.3 is 18.9 Å². The average molecular weight is 478 g/mol. The molecular weight excluding hydrogens is 453 g/mol. The number of pyridine rings is 1. The van der Waals surface area contributed by atoms with Gasteiger partial charge in [0.1, 0.15) is 11.6 Å². The summed E-state index contributed by atoms with van der Waals surface area (Å²) in [7, 11) is 0. The van der Waals surface area contributed by atoms with Crippen LogP contribution in [-0.2, 0) is 28.6 Å². The number of hydrogen-bond donors (Lipinski definition) is 0. The first-order valence-electron chi connectivity index (χ1n) is 10.2. The summed E-state index contributed by atoms with van der Waals surface area (Å²) >= 11 is 1.25. The number of ether oxygens (including phenoxy) is 4. The van der Waals surface area contributed by atoms with Gasteiger partial charge in [0.2, 0.25) is 0 Å². The molecule has 4 atom stereocenters. The molecule has 3 rings (SSSR count). The van der Waals surface area contributed by atoms with Gasteiger partial charge in [0.25, 0.3) is 0 Å². The van der Waals surface area contributed by atoms with Crippen molar-refractivity contribution < 1.29 is 37.7 Å². The number of nitrogens with zero attached hydrogens (tertiary/aromatic N) is 1. The monoisotopic (exact) mass is 477 g/mol. The summed E-state index contributed by atoms with van der Waals surface area (Å²) in [4.78, 5) is 39.2. The van der Waals surface area contributed by atoms with E-state index < -0.39 is 41.7 Å². The van der Waals surface area contributed by atoms with E-state index in [9.17, 15) is 18.8 Å². The smallest absolute Gasteiger partial charge is 0.303 e. The van der Waals surface area contributed by atoms with Crippen molar-refractivity contribution in [2.45, 2.75) is 51.4 Å². The Morgan fingerprint density at radius 1 is 0.970 bits per heavy atom. The van der Waals surface area contributed by atoms with Crippen molar-refractivity contribution in [3.8, 4) is 16.9 Å². The molecule has 0 spiro atoms. The third kappa shape index (κ3) is 6.44. The Balaban J connectivity index is 1.88. The molecule has 1 aromatic carbocycles. The number of carbonyl (C=O) groups excluding carboxylic acids is 3. The number of benzene rings is 1. The third-order valence-corrected chi connectivity index (χ3v) is 5.98. The van der Waals surface area contributed by atoms with Crippen molar-refractivity contribution in [1.82, 2.24) is 4.98 Å². The molecule has 0 saturated carbocycles. The number of hydrogen-bond acceptors (Lipinski definition) is 9. The van der Waals surface area contributed by atoms with Crippen molar-refractivity contribution in [3.63, 3.8) is 0 Å². The van der Waals surface area contributed by atoms with Gasteiger partial charge in [-0.15, -0.1) is 11.8 Å². The maximum atomic E-state index is 13.5. The number of aromatic nitrogens is 1.